The summed E-state index contributed by atoms with van der Waals surface area (Å²) in [6, 6.07) is 4.73. The first-order valence-electron chi connectivity index (χ1n) is 11.0. The highest BCUT2D eigenvalue weighted by molar-refractivity contribution is 7.92. The molecule has 13 heteroatoms. The molecule has 0 atom stereocenters. The van der Waals surface area contributed by atoms with Gasteiger partial charge in [-0.05, 0) is 37.0 Å². The Bertz CT molecular complexity index is 1330. The number of urea groups is 1. The smallest absolute Gasteiger partial charge is 0.337 e. The topological polar surface area (TPSA) is 93.1 Å². The molecule has 2 aromatic heterocycles. The molecular formula is C23H26F4N4O3S2. The number of aromatic nitrogens is 2. The lowest BCUT2D eigenvalue weighted by Gasteiger charge is -2.11. The molecule has 0 bridgehead atoms. The fraction of sp³-hybridized carbons (Fsp3) is 0.391. The van der Waals surface area contributed by atoms with E-state index in [1.54, 1.807) is 46.8 Å². The fourth-order valence-corrected chi connectivity index (χ4v) is 6.33. The lowest BCUT2D eigenvalue weighted by atomic mass is 10.0. The first-order chi connectivity index (χ1) is 16.7. The summed E-state index contributed by atoms with van der Waals surface area (Å²) in [7, 11) is -4.45. The van der Waals surface area contributed by atoms with Gasteiger partial charge >= 0.3 is 12.2 Å². The van der Waals surface area contributed by atoms with Gasteiger partial charge in [0.05, 0.1) is 13.0 Å². The molecule has 0 saturated carbocycles. The van der Waals surface area contributed by atoms with Gasteiger partial charge in [-0.15, -0.1) is 11.3 Å². The quantitative estimate of drug-likeness (QED) is 0.359. The highest BCUT2D eigenvalue weighted by atomic mass is 32.2. The van der Waals surface area contributed by atoms with Crippen LogP contribution in [0.15, 0.2) is 40.9 Å². The van der Waals surface area contributed by atoms with Crippen molar-refractivity contribution in [1.29, 1.82) is 0 Å². The molecule has 196 valence electrons. The minimum Gasteiger partial charge on any atom is -0.337 e. The van der Waals surface area contributed by atoms with Gasteiger partial charge in [-0.2, -0.15) is 13.2 Å². The van der Waals surface area contributed by atoms with Crippen LogP contribution in [-0.2, 0) is 23.0 Å². The maximum absolute atomic E-state index is 15.0. The first kappa shape index (κ1) is 27.7. The summed E-state index contributed by atoms with van der Waals surface area (Å²) >= 11 is 0.930. The molecule has 0 fully saturated rings. The summed E-state index contributed by atoms with van der Waals surface area (Å²) < 4.78 is 81.3. The molecule has 0 aliphatic heterocycles. The monoisotopic (exact) mass is 546 g/mol. The first-order valence-corrected chi connectivity index (χ1v) is 13.3. The van der Waals surface area contributed by atoms with Crippen molar-refractivity contribution in [2.75, 3.05) is 6.54 Å². The Labute approximate surface area is 210 Å². The van der Waals surface area contributed by atoms with Crippen LogP contribution in [0.2, 0.25) is 0 Å². The van der Waals surface area contributed by atoms with Crippen molar-refractivity contribution in [3.8, 4) is 11.1 Å². The lowest BCUT2D eigenvalue weighted by Crippen LogP contribution is -2.40. The molecule has 3 aromatic rings. The lowest BCUT2D eigenvalue weighted by molar-refractivity contribution is -0.132. The van der Waals surface area contributed by atoms with Crippen molar-refractivity contribution in [3.05, 3.63) is 58.7 Å². The van der Waals surface area contributed by atoms with Crippen molar-refractivity contribution in [3.63, 3.8) is 0 Å². The predicted octanol–water partition coefficient (Wildman–Crippen LogP) is 5.25. The fourth-order valence-electron chi connectivity index (χ4n) is 3.45. The van der Waals surface area contributed by atoms with Crippen LogP contribution < -0.4 is 10.0 Å². The van der Waals surface area contributed by atoms with Crippen LogP contribution in [-0.4, -0.2) is 36.7 Å². The van der Waals surface area contributed by atoms with Crippen molar-refractivity contribution in [2.45, 2.75) is 50.5 Å². The molecule has 3 rings (SSSR count). The van der Waals surface area contributed by atoms with E-state index in [4.69, 9.17) is 0 Å². The number of hydrogen-bond acceptors (Lipinski definition) is 5. The molecular weight excluding hydrogens is 520 g/mol. The minimum atomic E-state index is -4.49. The largest absolute Gasteiger partial charge is 0.390 e. The van der Waals surface area contributed by atoms with Crippen LogP contribution in [0.1, 0.15) is 36.5 Å². The normalized spacial score (nSPS) is 12.2. The van der Waals surface area contributed by atoms with Gasteiger partial charge < -0.3 is 9.88 Å². The van der Waals surface area contributed by atoms with E-state index < -0.39 is 41.0 Å². The van der Waals surface area contributed by atoms with Gasteiger partial charge in [0.1, 0.15) is 15.9 Å². The average molecular weight is 547 g/mol. The summed E-state index contributed by atoms with van der Waals surface area (Å²) in [4.78, 5) is 16.8. The number of rotatable bonds is 9. The Kier molecular flexibility index (Phi) is 8.44. The molecule has 0 aliphatic carbocycles. The third-order valence-electron chi connectivity index (χ3n) is 5.15. The number of amides is 2. The molecule has 2 N–H and O–H groups in total. The van der Waals surface area contributed by atoms with Crippen LogP contribution in [0, 0.1) is 18.7 Å². The number of alkyl halides is 3. The Morgan fingerprint density at radius 1 is 1.22 bits per heavy atom. The maximum Gasteiger partial charge on any atom is 0.390 e. The highest BCUT2D eigenvalue weighted by Gasteiger charge is 2.29. The number of carbonyl (C=O) groups is 1. The van der Waals surface area contributed by atoms with E-state index in [0.29, 0.717) is 28.2 Å². The van der Waals surface area contributed by atoms with Crippen molar-refractivity contribution >= 4 is 27.4 Å². The van der Waals surface area contributed by atoms with Gasteiger partial charge in [0.2, 0.25) is 0 Å². The van der Waals surface area contributed by atoms with Gasteiger partial charge in [-0.3, -0.25) is 0 Å². The minimum absolute atomic E-state index is 0.197. The summed E-state index contributed by atoms with van der Waals surface area (Å²) in [5, 5.41) is 1.89. The van der Waals surface area contributed by atoms with Gasteiger partial charge in [0.15, 0.2) is 0 Å². The molecule has 0 saturated heterocycles. The van der Waals surface area contributed by atoms with Gasteiger partial charge in [-0.1, -0.05) is 26.0 Å². The zero-order valence-corrected chi connectivity index (χ0v) is 21.5. The van der Waals surface area contributed by atoms with Crippen LogP contribution in [0.5, 0.6) is 0 Å². The SMILES string of the molecule is Cc1nccn1Cc1ccc(-c2cc(CC(C)C)sc2S(=O)(=O)NC(=O)NCCC(F)(F)F)cc1F. The summed E-state index contributed by atoms with van der Waals surface area (Å²) in [6.07, 6.45) is -1.92. The predicted molar refractivity (Wildman–Crippen MR) is 129 cm³/mol. The van der Waals surface area contributed by atoms with E-state index in [2.05, 4.69) is 4.98 Å². The zero-order chi connectivity index (χ0) is 26.7. The van der Waals surface area contributed by atoms with E-state index in [0.717, 1.165) is 11.3 Å². The summed E-state index contributed by atoms with van der Waals surface area (Å²) in [6.45, 7) is 5.16. The van der Waals surface area contributed by atoms with Gasteiger partial charge in [0, 0.05) is 34.9 Å². The van der Waals surface area contributed by atoms with E-state index >= 15 is 0 Å². The molecule has 0 unspecified atom stereocenters. The standard InChI is InChI=1S/C23H26F4N4O3S2/c1-14(2)10-18-12-19(16-4-5-17(20(24)11-16)13-31-9-8-28-15(31)3)21(35-18)36(33,34)30-22(32)29-7-6-23(25,26)27/h4-5,8-9,11-12,14H,6-7,10,13H2,1-3H3,(H2,29,30,32). The maximum atomic E-state index is 15.0. The van der Waals surface area contributed by atoms with Crippen LogP contribution in [0.3, 0.4) is 0 Å². The third-order valence-corrected chi connectivity index (χ3v) is 8.17. The molecule has 7 nitrogen and oxygen atoms in total. The molecule has 1 aromatic carbocycles. The molecule has 0 aliphatic rings. The number of sulfonamides is 1. The Hall–Kier alpha value is -2.93. The molecule has 36 heavy (non-hydrogen) atoms. The number of nitrogens with zero attached hydrogens (tertiary/aromatic N) is 2. The summed E-state index contributed by atoms with van der Waals surface area (Å²) in [5.41, 5.74) is 0.877. The van der Waals surface area contributed by atoms with E-state index in [1.165, 1.54) is 6.07 Å². The number of hydrogen-bond donors (Lipinski definition) is 2. The Balaban J connectivity index is 1.89. The number of thiophene rings is 1. The molecule has 0 spiro atoms. The summed E-state index contributed by atoms with van der Waals surface area (Å²) in [5.74, 6) is 0.365. The van der Waals surface area contributed by atoms with Crippen molar-refractivity contribution < 1.29 is 30.8 Å². The number of benzene rings is 1. The van der Waals surface area contributed by atoms with E-state index in [1.807, 2.05) is 19.2 Å². The Morgan fingerprint density at radius 3 is 2.53 bits per heavy atom. The van der Waals surface area contributed by atoms with E-state index in [9.17, 15) is 30.8 Å². The Morgan fingerprint density at radius 2 is 1.94 bits per heavy atom. The molecule has 2 heterocycles. The van der Waals surface area contributed by atoms with Gasteiger partial charge in [0.25, 0.3) is 10.0 Å². The van der Waals surface area contributed by atoms with E-state index in [-0.39, 0.29) is 22.2 Å². The second-order valence-electron chi connectivity index (χ2n) is 8.65. The zero-order valence-electron chi connectivity index (χ0n) is 19.8. The second-order valence-corrected chi connectivity index (χ2v) is 11.7. The average Bonchev–Trinajstić information content (AvgIpc) is 3.34. The second kappa shape index (κ2) is 11.0. The van der Waals surface area contributed by atoms with Crippen molar-refractivity contribution in [1.82, 2.24) is 19.6 Å². The molecule has 0 radical (unpaired) electrons. The molecule has 2 amide bonds. The number of imidazole rings is 1. The van der Waals surface area contributed by atoms with Crippen LogP contribution in [0.25, 0.3) is 11.1 Å². The van der Waals surface area contributed by atoms with Crippen LogP contribution >= 0.6 is 11.3 Å². The highest BCUT2D eigenvalue weighted by Crippen LogP contribution is 2.37. The number of carbonyl (C=O) groups excluding carboxylic acids is 1. The number of nitrogens with one attached hydrogen (secondary N) is 2. The van der Waals surface area contributed by atoms with Gasteiger partial charge in [-0.25, -0.2) is 27.3 Å². The van der Waals surface area contributed by atoms with Crippen molar-refractivity contribution in [2.24, 2.45) is 5.92 Å². The van der Waals surface area contributed by atoms with Crippen LogP contribution in [0.4, 0.5) is 22.4 Å². The number of halogens is 4. The number of aryl methyl sites for hydroxylation is 1. The third kappa shape index (κ3) is 7.29.